The first-order valence-electron chi connectivity index (χ1n) is 5.66. The molecule has 0 fully saturated rings. The van der Waals surface area contributed by atoms with Crippen molar-refractivity contribution in [3.63, 3.8) is 0 Å². The van der Waals surface area contributed by atoms with Crippen LogP contribution >= 0.6 is 0 Å². The summed E-state index contributed by atoms with van der Waals surface area (Å²) in [5, 5.41) is 0. The fourth-order valence-corrected chi connectivity index (χ4v) is 1.01. The van der Waals surface area contributed by atoms with E-state index in [0.29, 0.717) is 0 Å². The van der Waals surface area contributed by atoms with Gasteiger partial charge in [-0.3, -0.25) is 0 Å². The minimum atomic E-state index is -3.38. The van der Waals surface area contributed by atoms with Crippen LogP contribution in [0.25, 0.3) is 0 Å². The van der Waals surface area contributed by atoms with Crippen LogP contribution in [-0.2, 0) is 23.4 Å². The first-order valence-corrected chi connectivity index (χ1v) is 5.66. The van der Waals surface area contributed by atoms with Gasteiger partial charge < -0.3 is 23.4 Å². The topological polar surface area (TPSA) is 46.2 Å². The van der Waals surface area contributed by atoms with E-state index in [9.17, 15) is 26.3 Å². The molecule has 0 aromatic carbocycles. The quantitative estimate of drug-likeness (QED) is 0.331. The second-order valence-corrected chi connectivity index (χ2v) is 3.58. The van der Waals surface area contributed by atoms with Gasteiger partial charge in [-0.15, -0.1) is 0 Å². The van der Waals surface area contributed by atoms with E-state index in [1.54, 1.807) is 0 Å². The average molecular weight is 328 g/mol. The Bertz CT molecular complexity index is 253. The third kappa shape index (κ3) is 9.14. The highest BCUT2D eigenvalue weighted by Gasteiger charge is 2.31. The Balaban J connectivity index is 4.20. The second kappa shape index (κ2) is 10.2. The van der Waals surface area contributed by atoms with Crippen LogP contribution in [0.3, 0.4) is 0 Å². The van der Waals surface area contributed by atoms with Crippen molar-refractivity contribution in [2.24, 2.45) is 0 Å². The Kier molecular flexibility index (Phi) is 9.95. The van der Waals surface area contributed by atoms with Crippen LogP contribution in [0, 0.1) is 0 Å². The molecule has 5 nitrogen and oxygen atoms in total. The highest BCUT2D eigenvalue weighted by Crippen LogP contribution is 2.14. The smallest absolute Gasteiger partial charge is 0.389 e. The summed E-state index contributed by atoms with van der Waals surface area (Å²) in [7, 11) is -0.589. The van der Waals surface area contributed by atoms with Crippen LogP contribution in [-0.4, -0.2) is 52.6 Å². The van der Waals surface area contributed by atoms with E-state index in [2.05, 4.69) is 14.1 Å². The zero-order chi connectivity index (χ0) is 16.6. The molecule has 12 heteroatoms. The minimum Gasteiger partial charge on any atom is -0.389 e. The average Bonchev–Trinajstić information content (AvgIpc) is 2.37. The molecule has 0 spiro atoms. The van der Waals surface area contributed by atoms with E-state index in [0.717, 1.165) is 21.0 Å². The molecule has 0 radical (unpaired) electrons. The Morgan fingerprint density at radius 1 is 0.714 bits per heavy atom. The number of ether oxygens (including phenoxy) is 2. The van der Waals surface area contributed by atoms with Gasteiger partial charge in [-0.05, 0) is 13.8 Å². The summed E-state index contributed by atoms with van der Waals surface area (Å²) >= 11 is 0. The summed E-state index contributed by atoms with van der Waals surface area (Å²) in [6.07, 6.45) is -15.6. The third-order valence-corrected chi connectivity index (χ3v) is 1.84. The fraction of sp³-hybridized carbons (Fsp3) is 1.00. The molecule has 0 aliphatic rings. The molecular formula is C9H15BF6O5. The van der Waals surface area contributed by atoms with Crippen LogP contribution < -0.4 is 0 Å². The molecule has 0 rings (SSSR count). The normalized spacial score (nSPS) is 17.9. The number of hydrogen-bond acceptors (Lipinski definition) is 5. The lowest BCUT2D eigenvalue weighted by Gasteiger charge is -2.23. The van der Waals surface area contributed by atoms with Gasteiger partial charge in [0.05, 0.1) is 0 Å². The summed E-state index contributed by atoms with van der Waals surface area (Å²) in [4.78, 5) is 0. The van der Waals surface area contributed by atoms with Gasteiger partial charge in [-0.1, -0.05) is 0 Å². The van der Waals surface area contributed by atoms with Crippen LogP contribution in [0.4, 0.5) is 26.3 Å². The summed E-state index contributed by atoms with van der Waals surface area (Å²) in [5.41, 5.74) is 0. The maximum Gasteiger partial charge on any atom is 0.643 e. The van der Waals surface area contributed by atoms with Crippen molar-refractivity contribution in [2.75, 3.05) is 7.11 Å². The molecule has 0 amide bonds. The monoisotopic (exact) mass is 328 g/mol. The molecule has 0 aromatic rings. The molecule has 0 bridgehead atoms. The summed E-state index contributed by atoms with van der Waals surface area (Å²) in [5.74, 6) is 0. The molecule has 21 heavy (non-hydrogen) atoms. The van der Waals surface area contributed by atoms with Gasteiger partial charge in [-0.25, -0.2) is 26.3 Å². The largest absolute Gasteiger partial charge is 0.643 e. The fourth-order valence-electron chi connectivity index (χ4n) is 1.01. The van der Waals surface area contributed by atoms with E-state index in [1.807, 2.05) is 0 Å². The Morgan fingerprint density at radius 3 is 1.29 bits per heavy atom. The van der Waals surface area contributed by atoms with Gasteiger partial charge in [0.1, 0.15) is 12.6 Å². The first-order chi connectivity index (χ1) is 9.67. The number of halogens is 6. The summed E-state index contributed by atoms with van der Waals surface area (Å²) in [6, 6.07) is 0. The molecule has 4 unspecified atom stereocenters. The molecule has 0 saturated heterocycles. The van der Waals surface area contributed by atoms with E-state index in [1.165, 1.54) is 0 Å². The number of hydrogen-bond donors (Lipinski definition) is 0. The Morgan fingerprint density at radius 2 is 1.05 bits per heavy atom. The van der Waals surface area contributed by atoms with Crippen molar-refractivity contribution in [1.82, 2.24) is 0 Å². The lowest BCUT2D eigenvalue weighted by atomic mass is 10.2. The number of rotatable bonds is 11. The summed E-state index contributed by atoms with van der Waals surface area (Å²) in [6.45, 7) is 2.12. The molecule has 0 aromatic heterocycles. The lowest BCUT2D eigenvalue weighted by Crippen LogP contribution is -2.38. The minimum absolute atomic E-state index is 1.05. The van der Waals surface area contributed by atoms with Gasteiger partial charge in [0, 0.05) is 7.11 Å². The standard InChI is InChI=1S/C9H15BF6O5/c1-4(18-8(15)6(11)12)20-10(17-3)21-5(2)19-9(16)7(13)14/h4-9H,1-3H3. The first kappa shape index (κ1) is 20.4. The maximum atomic E-state index is 12.6. The Labute approximate surface area is 117 Å². The molecule has 0 saturated carbocycles. The van der Waals surface area contributed by atoms with Gasteiger partial charge in [-0.2, -0.15) is 0 Å². The predicted molar refractivity (Wildman–Crippen MR) is 57.8 cm³/mol. The van der Waals surface area contributed by atoms with E-state index >= 15 is 0 Å². The highest BCUT2D eigenvalue weighted by molar-refractivity contribution is 6.36. The molecule has 0 aliphatic heterocycles. The van der Waals surface area contributed by atoms with Gasteiger partial charge >= 0.3 is 7.32 Å². The zero-order valence-corrected chi connectivity index (χ0v) is 11.4. The van der Waals surface area contributed by atoms with Crippen molar-refractivity contribution in [2.45, 2.75) is 52.0 Å². The molecule has 0 heterocycles. The predicted octanol–water partition coefficient (Wildman–Crippen LogP) is 2.50. The highest BCUT2D eigenvalue weighted by atomic mass is 19.3. The van der Waals surface area contributed by atoms with Crippen molar-refractivity contribution < 1.29 is 49.8 Å². The van der Waals surface area contributed by atoms with Crippen molar-refractivity contribution >= 4 is 7.32 Å². The summed E-state index contributed by atoms with van der Waals surface area (Å²) < 4.78 is 94.9. The van der Waals surface area contributed by atoms with Gasteiger partial charge in [0.25, 0.3) is 25.6 Å². The molecule has 126 valence electrons. The van der Waals surface area contributed by atoms with Crippen molar-refractivity contribution in [3.8, 4) is 0 Å². The van der Waals surface area contributed by atoms with Gasteiger partial charge in [0.15, 0.2) is 0 Å². The van der Waals surface area contributed by atoms with E-state index in [4.69, 9.17) is 9.31 Å². The van der Waals surface area contributed by atoms with Crippen molar-refractivity contribution in [1.29, 1.82) is 0 Å². The molecule has 0 aliphatic carbocycles. The van der Waals surface area contributed by atoms with Crippen LogP contribution in [0.5, 0.6) is 0 Å². The van der Waals surface area contributed by atoms with Gasteiger partial charge in [0.2, 0.25) is 0 Å². The zero-order valence-electron chi connectivity index (χ0n) is 11.4. The van der Waals surface area contributed by atoms with E-state index < -0.39 is 45.5 Å². The SMILES string of the molecule is COB(OC(C)OC(F)C(F)F)OC(C)OC(F)C(F)F. The van der Waals surface area contributed by atoms with Crippen molar-refractivity contribution in [3.05, 3.63) is 0 Å². The van der Waals surface area contributed by atoms with E-state index in [-0.39, 0.29) is 0 Å². The van der Waals surface area contributed by atoms with Crippen LogP contribution in [0.15, 0.2) is 0 Å². The molecular weight excluding hydrogens is 313 g/mol. The second-order valence-electron chi connectivity index (χ2n) is 3.58. The Hall–Kier alpha value is -0.555. The third-order valence-electron chi connectivity index (χ3n) is 1.84. The molecule has 4 atom stereocenters. The number of alkyl halides is 6. The maximum absolute atomic E-state index is 12.6. The lowest BCUT2D eigenvalue weighted by molar-refractivity contribution is -0.230. The van der Waals surface area contributed by atoms with Crippen LogP contribution in [0.1, 0.15) is 13.8 Å². The molecule has 0 N–H and O–H groups in total. The van der Waals surface area contributed by atoms with Crippen LogP contribution in [0.2, 0.25) is 0 Å².